The number of carboxylic acids is 1. The molecule has 3 aromatic carbocycles. The maximum absolute atomic E-state index is 13.7. The van der Waals surface area contributed by atoms with E-state index in [1.165, 1.54) is 12.1 Å². The Balaban J connectivity index is 1.55. The Morgan fingerprint density at radius 3 is 2.30 bits per heavy atom. The topological polar surface area (TPSA) is 131 Å². The first-order valence-corrected chi connectivity index (χ1v) is 14.8. The molecule has 3 aromatic rings. The summed E-state index contributed by atoms with van der Waals surface area (Å²) in [7, 11) is 0. The van der Waals surface area contributed by atoms with E-state index in [0.29, 0.717) is 13.0 Å². The van der Waals surface area contributed by atoms with Crippen LogP contribution in [0.25, 0.3) is 10.8 Å². The van der Waals surface area contributed by atoms with E-state index in [9.17, 15) is 24.3 Å². The summed E-state index contributed by atoms with van der Waals surface area (Å²) in [6.45, 7) is 3.39. The highest BCUT2D eigenvalue weighted by atomic mass is 35.5. The van der Waals surface area contributed by atoms with Gasteiger partial charge in [-0.15, -0.1) is 0 Å². The molecule has 1 heterocycles. The van der Waals surface area contributed by atoms with Crippen LogP contribution < -0.4 is 10.6 Å². The Morgan fingerprint density at radius 1 is 0.977 bits per heavy atom. The molecule has 0 aliphatic carbocycles. The molecule has 1 amide bonds. The number of nitrogens with one attached hydrogen (secondary N) is 2. The Kier molecular flexibility index (Phi) is 10.8. The molecular weight excluding hydrogens is 595 g/mol. The molecule has 43 heavy (non-hydrogen) atoms. The van der Waals surface area contributed by atoms with Gasteiger partial charge in [0.05, 0.1) is 28.1 Å². The Bertz CT molecular complexity index is 1480. The number of carbonyl (C=O) groups is 4. The molecule has 3 N–H and O–H groups in total. The minimum absolute atomic E-state index is 0.0382. The Labute approximate surface area is 259 Å². The molecule has 4 rings (SSSR count). The van der Waals surface area contributed by atoms with Crippen molar-refractivity contribution in [1.29, 1.82) is 0 Å². The van der Waals surface area contributed by atoms with E-state index in [1.54, 1.807) is 6.07 Å². The molecule has 11 heteroatoms. The number of benzene rings is 3. The second kappa shape index (κ2) is 14.3. The number of esters is 1. The number of carboxylic acid groups (broad SMARTS) is 1. The lowest BCUT2D eigenvalue weighted by atomic mass is 9.88. The first-order valence-electron chi connectivity index (χ1n) is 14.1. The normalized spacial score (nSPS) is 18.2. The number of carbonyl (C=O) groups excluding carboxylic acids is 3. The zero-order chi connectivity index (χ0) is 31.1. The first kappa shape index (κ1) is 32.4. The lowest BCUT2D eigenvalue weighted by Crippen LogP contribution is -2.60. The summed E-state index contributed by atoms with van der Waals surface area (Å²) in [6, 6.07) is 16.0. The van der Waals surface area contributed by atoms with Crippen molar-refractivity contribution >= 4 is 57.6 Å². The summed E-state index contributed by atoms with van der Waals surface area (Å²) in [5.74, 6) is -3.90. The number of aliphatic carboxylic acids is 1. The van der Waals surface area contributed by atoms with Crippen LogP contribution in [0.1, 0.15) is 55.5 Å². The molecule has 228 valence electrons. The SMILES string of the molecule is CC(C)[C@H](N[C@@]1(c2cccc3ccccc23)CCCCO1)C(=O)NC(CC(=O)O)C(=O)COC(=O)c1c(Cl)cccc1Cl. The standard InChI is InChI=1S/C32H34Cl2N2O7/c1-19(2)29(36-32(15-5-6-16-43-32)22-12-7-10-20-9-3-4-11-21(20)22)30(40)35-25(17-27(38)39)26(37)18-42-31(41)28-23(33)13-8-14-24(28)34/h3-4,7-14,19,25,29,36H,5-6,15-18H2,1-2H3,(H,35,40)(H,38,39)/t25?,29-,32-/m0/s1. The predicted octanol–water partition coefficient (Wildman–Crippen LogP) is 5.50. The number of rotatable bonds is 12. The molecule has 0 bridgehead atoms. The smallest absolute Gasteiger partial charge is 0.341 e. The van der Waals surface area contributed by atoms with Crippen LogP contribution >= 0.6 is 23.2 Å². The van der Waals surface area contributed by atoms with E-state index in [-0.39, 0.29) is 21.5 Å². The van der Waals surface area contributed by atoms with Gasteiger partial charge in [-0.3, -0.25) is 19.7 Å². The fourth-order valence-corrected chi connectivity index (χ4v) is 5.80. The molecule has 1 aliphatic rings. The number of hydrogen-bond acceptors (Lipinski definition) is 7. The maximum atomic E-state index is 13.7. The molecule has 9 nitrogen and oxygen atoms in total. The third-order valence-electron chi connectivity index (χ3n) is 7.43. The van der Waals surface area contributed by atoms with Crippen LogP contribution in [0.3, 0.4) is 0 Å². The highest BCUT2D eigenvalue weighted by Crippen LogP contribution is 2.38. The fourth-order valence-electron chi connectivity index (χ4n) is 5.25. The van der Waals surface area contributed by atoms with E-state index < -0.39 is 54.5 Å². The van der Waals surface area contributed by atoms with Gasteiger partial charge in [0.15, 0.2) is 12.4 Å². The van der Waals surface area contributed by atoms with Crippen molar-refractivity contribution in [2.24, 2.45) is 5.92 Å². The molecule has 0 radical (unpaired) electrons. The summed E-state index contributed by atoms with van der Waals surface area (Å²) in [4.78, 5) is 51.0. The van der Waals surface area contributed by atoms with E-state index in [0.717, 1.165) is 29.2 Å². The van der Waals surface area contributed by atoms with E-state index in [2.05, 4.69) is 10.6 Å². The highest BCUT2D eigenvalue weighted by Gasteiger charge is 2.41. The molecule has 0 spiro atoms. The van der Waals surface area contributed by atoms with Gasteiger partial charge in [-0.2, -0.15) is 0 Å². The van der Waals surface area contributed by atoms with Gasteiger partial charge in [0.25, 0.3) is 0 Å². The first-order chi connectivity index (χ1) is 20.5. The van der Waals surface area contributed by atoms with Crippen molar-refractivity contribution in [2.75, 3.05) is 13.2 Å². The number of fused-ring (bicyclic) bond motifs is 1. The monoisotopic (exact) mass is 628 g/mol. The van der Waals surface area contributed by atoms with Crippen LogP contribution in [-0.4, -0.2) is 54.0 Å². The van der Waals surface area contributed by atoms with Gasteiger partial charge >= 0.3 is 11.9 Å². The molecule has 0 saturated carbocycles. The average molecular weight is 630 g/mol. The third-order valence-corrected chi connectivity index (χ3v) is 8.06. The van der Waals surface area contributed by atoms with E-state index in [4.69, 9.17) is 32.7 Å². The second-order valence-corrected chi connectivity index (χ2v) is 11.6. The minimum atomic E-state index is -1.46. The van der Waals surface area contributed by atoms with E-state index in [1.807, 2.05) is 56.3 Å². The zero-order valence-corrected chi connectivity index (χ0v) is 25.4. The van der Waals surface area contributed by atoms with Gasteiger partial charge in [-0.25, -0.2) is 4.79 Å². The minimum Gasteiger partial charge on any atom is -0.481 e. The number of hydrogen-bond donors (Lipinski definition) is 3. The maximum Gasteiger partial charge on any atom is 0.341 e. The predicted molar refractivity (Wildman–Crippen MR) is 163 cm³/mol. The van der Waals surface area contributed by atoms with Crippen molar-refractivity contribution in [3.05, 3.63) is 81.8 Å². The van der Waals surface area contributed by atoms with Crippen molar-refractivity contribution in [3.63, 3.8) is 0 Å². The number of halogens is 2. The summed E-state index contributed by atoms with van der Waals surface area (Å²) in [5.41, 5.74) is -0.207. The summed E-state index contributed by atoms with van der Waals surface area (Å²) in [5, 5.41) is 17.6. The van der Waals surface area contributed by atoms with Gasteiger partial charge in [-0.1, -0.05) is 85.6 Å². The van der Waals surface area contributed by atoms with Crippen molar-refractivity contribution in [1.82, 2.24) is 10.6 Å². The number of ether oxygens (including phenoxy) is 2. The van der Waals surface area contributed by atoms with Gasteiger partial charge in [0.1, 0.15) is 11.8 Å². The lowest BCUT2D eigenvalue weighted by molar-refractivity contribution is -0.143. The highest BCUT2D eigenvalue weighted by molar-refractivity contribution is 6.39. The fraction of sp³-hybridized carbons (Fsp3) is 0.375. The number of ketones is 1. The van der Waals surface area contributed by atoms with Crippen molar-refractivity contribution in [2.45, 2.75) is 57.3 Å². The number of Topliss-reactive ketones (excluding diaryl/α,β-unsaturated/α-hetero) is 1. The van der Waals surface area contributed by atoms with Gasteiger partial charge in [-0.05, 0) is 48.1 Å². The largest absolute Gasteiger partial charge is 0.481 e. The van der Waals surface area contributed by atoms with Crippen LogP contribution in [-0.2, 0) is 29.6 Å². The number of amides is 1. The van der Waals surface area contributed by atoms with Crippen molar-refractivity contribution in [3.8, 4) is 0 Å². The summed E-state index contributed by atoms with van der Waals surface area (Å²) >= 11 is 12.1. The van der Waals surface area contributed by atoms with Gasteiger partial charge in [0.2, 0.25) is 5.91 Å². The molecule has 1 fully saturated rings. The second-order valence-electron chi connectivity index (χ2n) is 10.8. The quantitative estimate of drug-likeness (QED) is 0.224. The van der Waals surface area contributed by atoms with Crippen molar-refractivity contribution < 1.29 is 33.8 Å². The summed E-state index contributed by atoms with van der Waals surface area (Å²) in [6.07, 6.45) is 1.64. The van der Waals surface area contributed by atoms with Crippen LogP contribution in [0.2, 0.25) is 10.0 Å². The van der Waals surface area contributed by atoms with Gasteiger partial charge < -0.3 is 19.9 Å². The molecule has 3 atom stereocenters. The lowest BCUT2D eigenvalue weighted by Gasteiger charge is -2.42. The molecular formula is C32H34Cl2N2O7. The molecule has 1 saturated heterocycles. The average Bonchev–Trinajstić information content (AvgIpc) is 2.98. The molecule has 1 unspecified atom stereocenters. The Hall–Kier alpha value is -3.50. The Morgan fingerprint density at radius 2 is 1.65 bits per heavy atom. The molecule has 0 aromatic heterocycles. The molecule has 1 aliphatic heterocycles. The van der Waals surface area contributed by atoms with E-state index >= 15 is 0 Å². The van der Waals surface area contributed by atoms with Crippen LogP contribution in [0.5, 0.6) is 0 Å². The third kappa shape index (κ3) is 7.72. The van der Waals surface area contributed by atoms with Crippen LogP contribution in [0.4, 0.5) is 0 Å². The zero-order valence-electron chi connectivity index (χ0n) is 23.9. The van der Waals surface area contributed by atoms with Crippen LogP contribution in [0.15, 0.2) is 60.7 Å². The summed E-state index contributed by atoms with van der Waals surface area (Å²) < 4.78 is 11.5. The van der Waals surface area contributed by atoms with Crippen LogP contribution in [0, 0.1) is 5.92 Å². The van der Waals surface area contributed by atoms with Gasteiger partial charge in [0, 0.05) is 12.2 Å².